The molecule has 0 amide bonds. The van der Waals surface area contributed by atoms with E-state index in [1.54, 1.807) is 7.11 Å². The number of alkyl halides is 3. The van der Waals surface area contributed by atoms with Crippen molar-refractivity contribution in [2.45, 2.75) is 12.6 Å². The van der Waals surface area contributed by atoms with Crippen LogP contribution in [-0.2, 0) is 12.6 Å². The maximum atomic E-state index is 12.6. The number of ether oxygens (including phenoxy) is 1. The summed E-state index contributed by atoms with van der Waals surface area (Å²) < 4.78 is 43.0. The standard InChI is InChI=1S/C19H18F3N5O/c1-28-16-8-2-13(3-9-16)10-11-23-17-12-24-27-18(26-17)25-15-6-4-14(5-7-15)19(20,21)22/h2-9,12H,10-11H2,1H3,(H2,23,25,26,27). The second-order valence-electron chi connectivity index (χ2n) is 5.89. The molecule has 0 radical (unpaired) electrons. The molecule has 0 fully saturated rings. The number of hydrogen-bond acceptors (Lipinski definition) is 6. The Kier molecular flexibility index (Phi) is 5.93. The lowest BCUT2D eigenvalue weighted by molar-refractivity contribution is -0.137. The average Bonchev–Trinajstić information content (AvgIpc) is 2.69. The first-order valence-corrected chi connectivity index (χ1v) is 8.45. The molecule has 1 heterocycles. The highest BCUT2D eigenvalue weighted by molar-refractivity contribution is 5.54. The van der Waals surface area contributed by atoms with Gasteiger partial charge in [-0.1, -0.05) is 12.1 Å². The van der Waals surface area contributed by atoms with Crippen molar-refractivity contribution in [1.82, 2.24) is 15.2 Å². The normalized spacial score (nSPS) is 11.1. The molecule has 2 aromatic carbocycles. The third kappa shape index (κ3) is 5.32. The molecule has 0 saturated heterocycles. The van der Waals surface area contributed by atoms with Crippen LogP contribution in [0.5, 0.6) is 5.75 Å². The molecule has 3 rings (SSSR count). The van der Waals surface area contributed by atoms with Crippen LogP contribution in [0.1, 0.15) is 11.1 Å². The molecule has 0 aliphatic carbocycles. The molecule has 0 aliphatic heterocycles. The lowest BCUT2D eigenvalue weighted by Gasteiger charge is -2.09. The van der Waals surface area contributed by atoms with Crippen molar-refractivity contribution in [2.75, 3.05) is 24.3 Å². The van der Waals surface area contributed by atoms with Gasteiger partial charge in [0.05, 0.1) is 18.9 Å². The fourth-order valence-electron chi connectivity index (χ4n) is 2.44. The summed E-state index contributed by atoms with van der Waals surface area (Å²) in [7, 11) is 1.62. The van der Waals surface area contributed by atoms with E-state index in [1.165, 1.54) is 18.3 Å². The van der Waals surface area contributed by atoms with Gasteiger partial charge in [-0.3, -0.25) is 0 Å². The second-order valence-corrected chi connectivity index (χ2v) is 5.89. The molecule has 146 valence electrons. The first-order chi connectivity index (χ1) is 13.4. The fourth-order valence-corrected chi connectivity index (χ4v) is 2.44. The zero-order chi connectivity index (χ0) is 20.0. The number of halogens is 3. The van der Waals surface area contributed by atoms with Crippen LogP contribution in [0.25, 0.3) is 0 Å². The summed E-state index contributed by atoms with van der Waals surface area (Å²) >= 11 is 0. The number of aromatic nitrogens is 3. The molecule has 3 aromatic rings. The van der Waals surface area contributed by atoms with Crippen LogP contribution in [0.4, 0.5) is 30.6 Å². The molecule has 0 saturated carbocycles. The van der Waals surface area contributed by atoms with Crippen molar-refractivity contribution in [2.24, 2.45) is 0 Å². The predicted molar refractivity (Wildman–Crippen MR) is 99.7 cm³/mol. The van der Waals surface area contributed by atoms with Gasteiger partial charge in [-0.15, -0.1) is 5.10 Å². The molecule has 28 heavy (non-hydrogen) atoms. The Morgan fingerprint density at radius 3 is 2.36 bits per heavy atom. The number of rotatable bonds is 7. The minimum atomic E-state index is -4.37. The average molecular weight is 389 g/mol. The first-order valence-electron chi connectivity index (χ1n) is 8.45. The van der Waals surface area contributed by atoms with E-state index in [2.05, 4.69) is 25.8 Å². The minimum Gasteiger partial charge on any atom is -0.497 e. The topological polar surface area (TPSA) is 72.0 Å². The van der Waals surface area contributed by atoms with Gasteiger partial charge < -0.3 is 15.4 Å². The van der Waals surface area contributed by atoms with Gasteiger partial charge in [0, 0.05) is 12.2 Å². The summed E-state index contributed by atoms with van der Waals surface area (Å²) in [6.07, 6.45) is -2.12. The van der Waals surface area contributed by atoms with Gasteiger partial charge in [-0.25, -0.2) is 0 Å². The lowest BCUT2D eigenvalue weighted by Crippen LogP contribution is -2.09. The Labute approximate surface area is 159 Å². The summed E-state index contributed by atoms with van der Waals surface area (Å²) in [6.45, 7) is 0.630. The van der Waals surface area contributed by atoms with Gasteiger partial charge in [-0.2, -0.15) is 23.3 Å². The Balaban J connectivity index is 1.56. The summed E-state index contributed by atoms with van der Waals surface area (Å²) in [5.41, 5.74) is 0.856. The summed E-state index contributed by atoms with van der Waals surface area (Å²) in [5, 5.41) is 13.7. The van der Waals surface area contributed by atoms with Gasteiger partial charge in [0.1, 0.15) is 5.75 Å². The van der Waals surface area contributed by atoms with Crippen molar-refractivity contribution < 1.29 is 17.9 Å². The lowest BCUT2D eigenvalue weighted by atomic mass is 10.1. The van der Waals surface area contributed by atoms with E-state index in [9.17, 15) is 13.2 Å². The SMILES string of the molecule is COc1ccc(CCNc2cnnc(Nc3ccc(C(F)(F)F)cc3)n2)cc1. The molecular formula is C19H18F3N5O. The van der Waals surface area contributed by atoms with Crippen molar-refractivity contribution in [1.29, 1.82) is 0 Å². The number of benzene rings is 2. The van der Waals surface area contributed by atoms with E-state index in [4.69, 9.17) is 4.74 Å². The Bertz CT molecular complexity index is 899. The Morgan fingerprint density at radius 2 is 1.71 bits per heavy atom. The molecule has 0 atom stereocenters. The van der Waals surface area contributed by atoms with Crippen LogP contribution in [0.3, 0.4) is 0 Å². The van der Waals surface area contributed by atoms with E-state index in [0.717, 1.165) is 29.9 Å². The monoisotopic (exact) mass is 389 g/mol. The zero-order valence-electron chi connectivity index (χ0n) is 15.0. The van der Waals surface area contributed by atoms with Crippen LogP contribution in [-0.4, -0.2) is 28.8 Å². The maximum absolute atomic E-state index is 12.6. The van der Waals surface area contributed by atoms with Crippen molar-refractivity contribution in [3.8, 4) is 5.75 Å². The fraction of sp³-hybridized carbons (Fsp3) is 0.211. The molecule has 9 heteroatoms. The number of methoxy groups -OCH3 is 1. The number of nitrogens with one attached hydrogen (secondary N) is 2. The predicted octanol–water partition coefficient (Wildman–Crippen LogP) is 4.30. The van der Waals surface area contributed by atoms with E-state index in [0.29, 0.717) is 18.1 Å². The smallest absolute Gasteiger partial charge is 0.416 e. The molecule has 2 N–H and O–H groups in total. The second kappa shape index (κ2) is 8.55. The minimum absolute atomic E-state index is 0.189. The van der Waals surface area contributed by atoms with Gasteiger partial charge in [-0.05, 0) is 48.4 Å². The Morgan fingerprint density at radius 1 is 1.00 bits per heavy atom. The Hall–Kier alpha value is -3.36. The number of hydrogen-bond donors (Lipinski definition) is 2. The molecule has 1 aromatic heterocycles. The molecular weight excluding hydrogens is 371 g/mol. The van der Waals surface area contributed by atoms with E-state index in [1.807, 2.05) is 24.3 Å². The number of anilines is 3. The highest BCUT2D eigenvalue weighted by Gasteiger charge is 2.29. The molecule has 0 spiro atoms. The van der Waals surface area contributed by atoms with Gasteiger partial charge >= 0.3 is 6.18 Å². The van der Waals surface area contributed by atoms with E-state index >= 15 is 0 Å². The van der Waals surface area contributed by atoms with Crippen LogP contribution in [0.15, 0.2) is 54.7 Å². The van der Waals surface area contributed by atoms with Crippen LogP contribution in [0, 0.1) is 0 Å². The van der Waals surface area contributed by atoms with Crippen LogP contribution >= 0.6 is 0 Å². The molecule has 6 nitrogen and oxygen atoms in total. The van der Waals surface area contributed by atoms with Gasteiger partial charge in [0.15, 0.2) is 5.82 Å². The highest BCUT2D eigenvalue weighted by Crippen LogP contribution is 2.30. The molecule has 0 bridgehead atoms. The zero-order valence-corrected chi connectivity index (χ0v) is 15.0. The summed E-state index contributed by atoms with van der Waals surface area (Å²) in [5.74, 6) is 1.50. The third-order valence-corrected chi connectivity index (χ3v) is 3.91. The summed E-state index contributed by atoms with van der Waals surface area (Å²) in [4.78, 5) is 4.26. The third-order valence-electron chi connectivity index (χ3n) is 3.91. The molecule has 0 unspecified atom stereocenters. The molecule has 0 aliphatic rings. The van der Waals surface area contributed by atoms with E-state index in [-0.39, 0.29) is 5.95 Å². The van der Waals surface area contributed by atoms with Gasteiger partial charge in [0.2, 0.25) is 5.95 Å². The highest BCUT2D eigenvalue weighted by atomic mass is 19.4. The van der Waals surface area contributed by atoms with Crippen molar-refractivity contribution in [3.63, 3.8) is 0 Å². The number of nitrogens with zero attached hydrogens (tertiary/aromatic N) is 3. The maximum Gasteiger partial charge on any atom is 0.416 e. The van der Waals surface area contributed by atoms with Crippen LogP contribution < -0.4 is 15.4 Å². The van der Waals surface area contributed by atoms with E-state index < -0.39 is 11.7 Å². The quantitative estimate of drug-likeness (QED) is 0.628. The summed E-state index contributed by atoms with van der Waals surface area (Å²) in [6, 6.07) is 12.4. The van der Waals surface area contributed by atoms with Crippen molar-refractivity contribution >= 4 is 17.5 Å². The largest absolute Gasteiger partial charge is 0.497 e. The van der Waals surface area contributed by atoms with Crippen molar-refractivity contribution in [3.05, 3.63) is 65.9 Å². The van der Waals surface area contributed by atoms with Gasteiger partial charge in [0.25, 0.3) is 0 Å². The first kappa shape index (κ1) is 19.4. The van der Waals surface area contributed by atoms with Crippen LogP contribution in [0.2, 0.25) is 0 Å².